The Bertz CT molecular complexity index is 1090. The van der Waals surface area contributed by atoms with Gasteiger partial charge < -0.3 is 5.73 Å². The summed E-state index contributed by atoms with van der Waals surface area (Å²) < 4.78 is 0. The average Bonchev–Trinajstić information content (AvgIpc) is 2.77. The number of nitrogens with one attached hydrogen (secondary N) is 1. The maximum absolute atomic E-state index is 9.94. The van der Waals surface area contributed by atoms with Crippen LogP contribution >= 0.6 is 0 Å². The van der Waals surface area contributed by atoms with Crippen molar-refractivity contribution in [1.82, 2.24) is 0 Å². The van der Waals surface area contributed by atoms with Gasteiger partial charge in [0.1, 0.15) is 23.3 Å². The number of nitrogens with zero attached hydrogens (tertiary/aromatic N) is 5. The minimum atomic E-state index is -0.783. The largest absolute Gasteiger partial charge is 0.318 e. The van der Waals surface area contributed by atoms with Gasteiger partial charge in [0, 0.05) is 5.56 Å². The number of nitriles is 4. The number of aromatic amines is 1. The van der Waals surface area contributed by atoms with Gasteiger partial charge in [0.05, 0.1) is 36.7 Å². The normalized spacial score (nSPS) is 14.1. The van der Waals surface area contributed by atoms with E-state index in [4.69, 9.17) is 5.73 Å². The molecule has 2 aromatic rings. The van der Waals surface area contributed by atoms with Gasteiger partial charge in [-0.25, -0.2) is 4.98 Å². The molecule has 0 unspecified atom stereocenters. The summed E-state index contributed by atoms with van der Waals surface area (Å²) in [7, 11) is 0. The van der Waals surface area contributed by atoms with Crippen molar-refractivity contribution < 1.29 is 4.98 Å². The van der Waals surface area contributed by atoms with E-state index < -0.39 is 5.92 Å². The molecule has 3 rings (SSSR count). The van der Waals surface area contributed by atoms with Crippen LogP contribution in [0.5, 0.6) is 0 Å². The van der Waals surface area contributed by atoms with E-state index in [0.717, 1.165) is 32.4 Å². The molecule has 1 aliphatic rings. The zero-order valence-electron chi connectivity index (χ0n) is 15.9. The first-order valence-electron chi connectivity index (χ1n) is 9.46. The highest BCUT2D eigenvalue weighted by molar-refractivity contribution is 5.66. The number of benzene rings is 1. The van der Waals surface area contributed by atoms with Crippen LogP contribution in [-0.4, -0.2) is 13.1 Å². The predicted molar refractivity (Wildman–Crippen MR) is 106 cm³/mol. The molecular weight excluding hydrogens is 362 g/mol. The number of piperidine rings is 1. The minimum Gasteiger partial charge on any atom is -0.318 e. The Hall–Kier alpha value is -4.07. The van der Waals surface area contributed by atoms with Gasteiger partial charge in [-0.1, -0.05) is 18.2 Å². The number of rotatable bonds is 4. The van der Waals surface area contributed by atoms with Crippen molar-refractivity contribution in [2.24, 2.45) is 0 Å². The summed E-state index contributed by atoms with van der Waals surface area (Å²) in [6.07, 6.45) is 3.35. The Kier molecular flexibility index (Phi) is 5.94. The highest BCUT2D eigenvalue weighted by Crippen LogP contribution is 2.33. The second-order valence-electron chi connectivity index (χ2n) is 6.98. The number of anilines is 2. The molecular formula is C22H20N7+. The summed E-state index contributed by atoms with van der Waals surface area (Å²) in [5.74, 6) is -0.0716. The fraction of sp³-hybridized carbons (Fsp3) is 0.318. The van der Waals surface area contributed by atoms with E-state index in [2.05, 4.69) is 34.2 Å². The Morgan fingerprint density at radius 1 is 0.966 bits per heavy atom. The summed E-state index contributed by atoms with van der Waals surface area (Å²) in [6, 6.07) is 15.6. The molecule has 1 atom stereocenters. The lowest BCUT2D eigenvalue weighted by Crippen LogP contribution is -2.36. The first-order valence-corrected chi connectivity index (χ1v) is 9.46. The molecule has 2 heterocycles. The second kappa shape index (κ2) is 8.75. The zero-order chi connectivity index (χ0) is 20.8. The standard InChI is InChI=1S/C22H19N7/c23-11-16-7-3-2-6-15(16)10-17(12-24)20-18(13-25)21(27)28-22(19(20)14-26)29-8-4-1-5-9-29/h2-3,6-7,17H,1,4-5,8-10H2,(H2,27,28)/p+1/t17-/m0/s1. The average molecular weight is 382 g/mol. The van der Waals surface area contributed by atoms with Crippen LogP contribution in [0.2, 0.25) is 0 Å². The molecule has 0 radical (unpaired) electrons. The molecule has 0 spiro atoms. The summed E-state index contributed by atoms with van der Waals surface area (Å²) in [4.78, 5) is 5.08. The Morgan fingerprint density at radius 3 is 2.28 bits per heavy atom. The van der Waals surface area contributed by atoms with Crippen LogP contribution in [0.4, 0.5) is 11.6 Å². The first kappa shape index (κ1) is 19.7. The van der Waals surface area contributed by atoms with Crippen molar-refractivity contribution in [2.75, 3.05) is 23.7 Å². The quantitative estimate of drug-likeness (QED) is 0.862. The van der Waals surface area contributed by atoms with Crippen molar-refractivity contribution in [2.45, 2.75) is 31.6 Å². The van der Waals surface area contributed by atoms with Crippen LogP contribution in [-0.2, 0) is 6.42 Å². The van der Waals surface area contributed by atoms with Crippen LogP contribution in [0.15, 0.2) is 24.3 Å². The van der Waals surface area contributed by atoms with Crippen LogP contribution in [0.1, 0.15) is 53.0 Å². The third-order valence-corrected chi connectivity index (χ3v) is 5.26. The fourth-order valence-corrected chi connectivity index (χ4v) is 3.83. The molecule has 0 bridgehead atoms. The zero-order valence-corrected chi connectivity index (χ0v) is 15.9. The lowest BCUT2D eigenvalue weighted by molar-refractivity contribution is -0.347. The number of aromatic nitrogens is 1. The van der Waals surface area contributed by atoms with Crippen LogP contribution in [0.25, 0.3) is 0 Å². The Balaban J connectivity index is 2.16. The van der Waals surface area contributed by atoms with Gasteiger partial charge in [-0.15, -0.1) is 0 Å². The smallest absolute Gasteiger partial charge is 0.240 e. The third kappa shape index (κ3) is 3.81. The molecule has 3 N–H and O–H groups in total. The van der Waals surface area contributed by atoms with E-state index >= 15 is 0 Å². The van der Waals surface area contributed by atoms with Gasteiger partial charge >= 0.3 is 0 Å². The van der Waals surface area contributed by atoms with E-state index in [-0.39, 0.29) is 23.4 Å². The first-order chi connectivity index (χ1) is 14.1. The lowest BCUT2D eigenvalue weighted by atomic mass is 9.86. The Morgan fingerprint density at radius 2 is 1.66 bits per heavy atom. The Labute approximate surface area is 169 Å². The SMILES string of the molecule is N#Cc1ccccc1C[C@@H](C#N)c1c(C#N)c(N)[nH+]c(N2CCCCC2)c1C#N. The monoisotopic (exact) mass is 382 g/mol. The predicted octanol–water partition coefficient (Wildman–Crippen LogP) is 2.54. The number of hydrogen-bond acceptors (Lipinski definition) is 6. The van der Waals surface area contributed by atoms with Crippen molar-refractivity contribution in [1.29, 1.82) is 21.0 Å². The number of pyridine rings is 1. The number of H-pyrrole nitrogens is 1. The van der Waals surface area contributed by atoms with Gasteiger partial charge in [0.2, 0.25) is 11.6 Å². The summed E-state index contributed by atoms with van der Waals surface area (Å²) in [6.45, 7) is 1.56. The number of hydrogen-bond donors (Lipinski definition) is 1. The van der Waals surface area contributed by atoms with Crippen molar-refractivity contribution in [3.8, 4) is 24.3 Å². The van der Waals surface area contributed by atoms with Gasteiger partial charge in [0.15, 0.2) is 0 Å². The second-order valence-corrected chi connectivity index (χ2v) is 6.98. The van der Waals surface area contributed by atoms with Gasteiger partial charge in [-0.3, -0.25) is 4.90 Å². The van der Waals surface area contributed by atoms with Crippen LogP contribution < -0.4 is 15.6 Å². The van der Waals surface area contributed by atoms with E-state index in [1.54, 1.807) is 24.3 Å². The maximum atomic E-state index is 9.94. The van der Waals surface area contributed by atoms with E-state index in [9.17, 15) is 21.0 Å². The maximum Gasteiger partial charge on any atom is 0.240 e. The van der Waals surface area contributed by atoms with Crippen LogP contribution in [0, 0.1) is 45.3 Å². The van der Waals surface area contributed by atoms with Gasteiger partial charge in [-0.2, -0.15) is 21.0 Å². The fourth-order valence-electron chi connectivity index (χ4n) is 3.83. The molecule has 1 saturated heterocycles. The molecule has 1 aromatic heterocycles. The van der Waals surface area contributed by atoms with Crippen molar-refractivity contribution in [3.63, 3.8) is 0 Å². The molecule has 0 amide bonds. The molecule has 1 aromatic carbocycles. The third-order valence-electron chi connectivity index (χ3n) is 5.26. The number of nitrogen functional groups attached to an aromatic ring is 1. The summed E-state index contributed by atoms with van der Waals surface area (Å²) >= 11 is 0. The molecule has 0 saturated carbocycles. The molecule has 7 nitrogen and oxygen atoms in total. The van der Waals surface area contributed by atoms with Crippen molar-refractivity contribution >= 4 is 11.6 Å². The minimum absolute atomic E-state index is 0.114. The topological polar surface area (TPSA) is 139 Å². The van der Waals surface area contributed by atoms with E-state index in [1.807, 2.05) is 0 Å². The van der Waals surface area contributed by atoms with E-state index in [0.29, 0.717) is 22.5 Å². The van der Waals surface area contributed by atoms with E-state index in [1.165, 1.54) is 0 Å². The lowest BCUT2D eigenvalue weighted by Gasteiger charge is -2.25. The molecule has 29 heavy (non-hydrogen) atoms. The number of nitrogens with two attached hydrogens (primary N) is 1. The molecule has 1 fully saturated rings. The van der Waals surface area contributed by atoms with Gasteiger partial charge in [-0.05, 0) is 37.3 Å². The summed E-state index contributed by atoms with van der Waals surface area (Å²) in [5.41, 5.74) is 8.02. The molecule has 0 aliphatic carbocycles. The van der Waals surface area contributed by atoms with Crippen LogP contribution in [0.3, 0.4) is 0 Å². The molecule has 1 aliphatic heterocycles. The molecule has 7 heteroatoms. The van der Waals surface area contributed by atoms with Crippen molar-refractivity contribution in [3.05, 3.63) is 52.1 Å². The highest BCUT2D eigenvalue weighted by atomic mass is 15.2. The molecule has 142 valence electrons. The summed E-state index contributed by atoms with van der Waals surface area (Å²) in [5, 5.41) is 38.9. The van der Waals surface area contributed by atoms with Gasteiger partial charge in [0.25, 0.3) is 0 Å². The highest BCUT2D eigenvalue weighted by Gasteiger charge is 2.31.